The first-order valence-corrected chi connectivity index (χ1v) is 9.12. The molecule has 2 aliphatic carbocycles. The third-order valence-corrected chi connectivity index (χ3v) is 8.25. The lowest BCUT2D eigenvalue weighted by atomic mass is 9.69. The minimum atomic E-state index is -3.58. The van der Waals surface area contributed by atoms with Gasteiger partial charge in [0.2, 0.25) is 15.9 Å². The maximum atomic E-state index is 12.6. The Morgan fingerprint density at radius 2 is 2.19 bits per heavy atom. The molecule has 2 saturated carbocycles. The Bertz CT molecular complexity index is 597. The van der Waals surface area contributed by atoms with Gasteiger partial charge in [0.1, 0.15) is 0 Å². The molecule has 4 atom stereocenters. The van der Waals surface area contributed by atoms with Gasteiger partial charge in [0.25, 0.3) is 0 Å². The van der Waals surface area contributed by atoms with Gasteiger partial charge in [-0.3, -0.25) is 4.79 Å². The fourth-order valence-electron chi connectivity index (χ4n) is 4.97. The van der Waals surface area contributed by atoms with Crippen molar-refractivity contribution in [1.82, 2.24) is 4.31 Å². The van der Waals surface area contributed by atoms with E-state index in [1.54, 1.807) is 0 Å². The number of aliphatic hydroxyl groups excluding tert-OH is 1. The summed E-state index contributed by atoms with van der Waals surface area (Å²) in [6.45, 7) is 7.72. The number of nitrogens with zero attached hydrogens (tertiary/aromatic N) is 1. The van der Waals surface area contributed by atoms with Crippen LogP contribution in [0.4, 0.5) is 0 Å². The summed E-state index contributed by atoms with van der Waals surface area (Å²) in [5, 5.41) is 9.57. The fraction of sp³-hybridized carbons (Fsp3) is 0.800. The fourth-order valence-corrected chi connectivity index (χ4v) is 7.53. The van der Waals surface area contributed by atoms with Gasteiger partial charge >= 0.3 is 0 Å². The van der Waals surface area contributed by atoms with E-state index < -0.39 is 22.0 Å². The van der Waals surface area contributed by atoms with Crippen molar-refractivity contribution in [2.24, 2.45) is 16.7 Å². The quantitative estimate of drug-likeness (QED) is 0.797. The predicted octanol–water partition coefficient (Wildman–Crippen LogP) is 1.29. The maximum Gasteiger partial charge on any atom is 0.239 e. The summed E-state index contributed by atoms with van der Waals surface area (Å²) in [6.07, 6.45) is 2.76. The van der Waals surface area contributed by atoms with E-state index in [1.807, 2.05) is 0 Å². The smallest absolute Gasteiger partial charge is 0.239 e. The van der Waals surface area contributed by atoms with E-state index in [4.69, 9.17) is 0 Å². The van der Waals surface area contributed by atoms with Crippen LogP contribution in [0, 0.1) is 16.7 Å². The van der Waals surface area contributed by atoms with Gasteiger partial charge in [-0.05, 0) is 30.6 Å². The standard InChI is InChI=1S/C15H23NO4S/c1-4-11(17)8-13(18)16-12-7-10-5-6-15(12,14(10,2)3)9-21(16,19)20/h4,10-12,17H,1,5-9H2,2-3H3/t10-,11+,12+,15+/m1/s1. The van der Waals surface area contributed by atoms with Crippen LogP contribution < -0.4 is 0 Å². The van der Waals surface area contributed by atoms with E-state index in [2.05, 4.69) is 20.4 Å². The van der Waals surface area contributed by atoms with E-state index in [0.29, 0.717) is 5.92 Å². The number of amides is 1. The van der Waals surface area contributed by atoms with Crippen LogP contribution in [0.3, 0.4) is 0 Å². The molecular weight excluding hydrogens is 290 g/mol. The molecule has 0 radical (unpaired) electrons. The lowest BCUT2D eigenvalue weighted by Gasteiger charge is -2.37. The molecule has 118 valence electrons. The highest BCUT2D eigenvalue weighted by molar-refractivity contribution is 7.90. The highest BCUT2D eigenvalue weighted by Crippen LogP contribution is 2.69. The van der Waals surface area contributed by atoms with Crippen molar-refractivity contribution in [3.63, 3.8) is 0 Å². The molecule has 0 aromatic heterocycles. The zero-order valence-corrected chi connectivity index (χ0v) is 13.4. The second kappa shape index (κ2) is 4.32. The number of aliphatic hydroxyl groups is 1. The summed E-state index contributed by atoms with van der Waals surface area (Å²) in [5.41, 5.74) is -0.345. The van der Waals surface area contributed by atoms with E-state index in [1.165, 1.54) is 6.08 Å². The molecule has 6 heteroatoms. The Morgan fingerprint density at radius 3 is 2.76 bits per heavy atom. The summed E-state index contributed by atoms with van der Waals surface area (Å²) < 4.78 is 26.2. The van der Waals surface area contributed by atoms with Crippen molar-refractivity contribution in [3.05, 3.63) is 12.7 Å². The molecule has 1 N–H and O–H groups in total. The summed E-state index contributed by atoms with van der Waals surface area (Å²) in [4.78, 5) is 12.4. The molecule has 0 unspecified atom stereocenters. The molecule has 1 aliphatic heterocycles. The lowest BCUT2D eigenvalue weighted by Crippen LogP contribution is -2.44. The van der Waals surface area contributed by atoms with Crippen molar-refractivity contribution < 1.29 is 18.3 Å². The van der Waals surface area contributed by atoms with E-state index in [-0.39, 0.29) is 29.0 Å². The number of sulfonamides is 1. The highest BCUT2D eigenvalue weighted by atomic mass is 32.2. The minimum absolute atomic E-state index is 0.0448. The second-order valence-corrected chi connectivity index (χ2v) is 9.16. The maximum absolute atomic E-state index is 12.6. The van der Waals surface area contributed by atoms with Crippen molar-refractivity contribution in [3.8, 4) is 0 Å². The molecule has 3 aliphatic rings. The van der Waals surface area contributed by atoms with E-state index >= 15 is 0 Å². The Balaban J connectivity index is 1.97. The SMILES string of the molecule is C=C[C@H](O)CC(=O)N1[C@H]2C[C@H]3CC[C@@]2(CS1(=O)=O)C3(C)C. The van der Waals surface area contributed by atoms with Gasteiger partial charge in [-0.15, -0.1) is 6.58 Å². The number of hydrogen-bond acceptors (Lipinski definition) is 4. The van der Waals surface area contributed by atoms with E-state index in [9.17, 15) is 18.3 Å². The summed E-state index contributed by atoms with van der Waals surface area (Å²) in [7, 11) is -3.58. The van der Waals surface area contributed by atoms with Crippen molar-refractivity contribution in [1.29, 1.82) is 0 Å². The van der Waals surface area contributed by atoms with Crippen LogP contribution in [-0.4, -0.2) is 41.6 Å². The second-order valence-electron chi connectivity index (χ2n) is 7.32. The molecule has 21 heavy (non-hydrogen) atoms. The molecule has 5 nitrogen and oxygen atoms in total. The lowest BCUT2D eigenvalue weighted by molar-refractivity contribution is -0.130. The van der Waals surface area contributed by atoms with Crippen LogP contribution in [0.1, 0.15) is 39.5 Å². The molecule has 1 saturated heterocycles. The molecular formula is C15H23NO4S. The molecule has 1 amide bonds. The first kappa shape index (κ1) is 15.0. The van der Waals surface area contributed by atoms with Crippen molar-refractivity contribution >= 4 is 15.9 Å². The molecule has 1 heterocycles. The van der Waals surface area contributed by atoms with Crippen molar-refractivity contribution in [2.75, 3.05) is 5.75 Å². The Morgan fingerprint density at radius 1 is 1.52 bits per heavy atom. The van der Waals surface area contributed by atoms with Crippen LogP contribution in [0.15, 0.2) is 12.7 Å². The van der Waals surface area contributed by atoms with Gasteiger partial charge in [0, 0.05) is 5.41 Å². The van der Waals surface area contributed by atoms with Gasteiger partial charge in [-0.25, -0.2) is 12.7 Å². The van der Waals surface area contributed by atoms with Gasteiger partial charge in [-0.2, -0.15) is 0 Å². The third kappa shape index (κ3) is 1.78. The number of rotatable bonds is 3. The highest BCUT2D eigenvalue weighted by Gasteiger charge is 2.72. The summed E-state index contributed by atoms with van der Waals surface area (Å²) in [6, 6.07) is -0.222. The third-order valence-electron chi connectivity index (χ3n) is 6.31. The largest absolute Gasteiger partial charge is 0.389 e. The average molecular weight is 313 g/mol. The minimum Gasteiger partial charge on any atom is -0.389 e. The number of hydrogen-bond donors (Lipinski definition) is 1. The topological polar surface area (TPSA) is 74.7 Å². The summed E-state index contributed by atoms with van der Waals surface area (Å²) >= 11 is 0. The Labute approximate surface area is 126 Å². The average Bonchev–Trinajstić information content (AvgIpc) is 2.84. The Kier molecular flexibility index (Phi) is 3.09. The van der Waals surface area contributed by atoms with Gasteiger partial charge in [0.15, 0.2) is 0 Å². The zero-order valence-electron chi connectivity index (χ0n) is 12.6. The van der Waals surface area contributed by atoms with Crippen LogP contribution in [0.5, 0.6) is 0 Å². The monoisotopic (exact) mass is 313 g/mol. The van der Waals surface area contributed by atoms with Crippen LogP contribution in [0.2, 0.25) is 0 Å². The molecule has 3 rings (SSSR count). The first-order valence-electron chi connectivity index (χ1n) is 7.51. The number of fused-ring (bicyclic) bond motifs is 1. The molecule has 3 fully saturated rings. The zero-order chi connectivity index (χ0) is 15.6. The summed E-state index contributed by atoms with van der Waals surface area (Å²) in [5.74, 6) is 0.0645. The number of carbonyl (C=O) groups is 1. The first-order chi connectivity index (χ1) is 9.65. The van der Waals surface area contributed by atoms with E-state index in [0.717, 1.165) is 23.6 Å². The molecule has 2 bridgehead atoms. The normalized spacial score (nSPS) is 40.0. The van der Waals surface area contributed by atoms with Gasteiger partial charge in [-0.1, -0.05) is 19.9 Å². The molecule has 0 aromatic carbocycles. The predicted molar refractivity (Wildman–Crippen MR) is 78.8 cm³/mol. The van der Waals surface area contributed by atoms with Crippen LogP contribution in [-0.2, 0) is 14.8 Å². The molecule has 0 aromatic rings. The van der Waals surface area contributed by atoms with Crippen LogP contribution >= 0.6 is 0 Å². The van der Waals surface area contributed by atoms with Gasteiger partial charge < -0.3 is 5.11 Å². The number of carbonyl (C=O) groups excluding carboxylic acids is 1. The van der Waals surface area contributed by atoms with Crippen LogP contribution in [0.25, 0.3) is 0 Å². The Hall–Kier alpha value is -0.880. The van der Waals surface area contributed by atoms with Crippen molar-refractivity contribution in [2.45, 2.75) is 51.7 Å². The molecule has 1 spiro atoms. The van der Waals surface area contributed by atoms with Gasteiger partial charge in [0.05, 0.1) is 24.3 Å².